The Morgan fingerprint density at radius 3 is 2.54 bits per heavy atom. The molecule has 6 nitrogen and oxygen atoms in total. The predicted molar refractivity (Wildman–Crippen MR) is 108 cm³/mol. The molecule has 1 fully saturated rings. The van der Waals surface area contributed by atoms with Crippen molar-refractivity contribution < 1.29 is 17.9 Å². The van der Waals surface area contributed by atoms with E-state index < -0.39 is 10.0 Å². The topological polar surface area (TPSA) is 75.7 Å². The van der Waals surface area contributed by atoms with Crippen LogP contribution in [0.5, 0.6) is 0 Å². The maximum absolute atomic E-state index is 12.9. The smallest absolute Gasteiger partial charge is 0.252 e. The van der Waals surface area contributed by atoms with E-state index in [0.717, 1.165) is 5.56 Å². The first kappa shape index (κ1) is 20.8. The number of aryl methyl sites for hydroxylation is 1. The zero-order valence-electron chi connectivity index (χ0n) is 15.8. The predicted octanol–water partition coefficient (Wildman–Crippen LogP) is 3.16. The highest BCUT2D eigenvalue weighted by atomic mass is 35.5. The van der Waals surface area contributed by atoms with Gasteiger partial charge in [0.25, 0.3) is 5.91 Å². The van der Waals surface area contributed by atoms with Crippen LogP contribution in [0.15, 0.2) is 47.4 Å². The monoisotopic (exact) mass is 422 g/mol. The van der Waals surface area contributed by atoms with Crippen molar-refractivity contribution >= 4 is 27.5 Å². The second-order valence-electron chi connectivity index (χ2n) is 6.71. The summed E-state index contributed by atoms with van der Waals surface area (Å²) in [5.74, 6) is -0.344. The highest BCUT2D eigenvalue weighted by molar-refractivity contribution is 7.89. The largest absolute Gasteiger partial charge is 0.379 e. The summed E-state index contributed by atoms with van der Waals surface area (Å²) in [6.45, 7) is 4.97. The van der Waals surface area contributed by atoms with Crippen LogP contribution in [0.25, 0.3) is 0 Å². The van der Waals surface area contributed by atoms with Crippen LogP contribution in [-0.2, 0) is 14.8 Å². The lowest BCUT2D eigenvalue weighted by Gasteiger charge is -2.26. The summed E-state index contributed by atoms with van der Waals surface area (Å²) in [7, 11) is -3.67. The fraction of sp³-hybridized carbons (Fsp3) is 0.350. The van der Waals surface area contributed by atoms with Crippen LogP contribution >= 0.6 is 11.6 Å². The molecule has 0 saturated carbocycles. The maximum atomic E-state index is 12.9. The van der Waals surface area contributed by atoms with Crippen molar-refractivity contribution in [3.8, 4) is 0 Å². The Bertz CT molecular complexity index is 972. The lowest BCUT2D eigenvalue weighted by atomic mass is 10.1. The molecule has 1 heterocycles. The number of nitrogens with zero attached hydrogens (tertiary/aromatic N) is 1. The van der Waals surface area contributed by atoms with Crippen LogP contribution in [0.4, 0.5) is 0 Å². The van der Waals surface area contributed by atoms with Gasteiger partial charge < -0.3 is 10.1 Å². The molecule has 0 aliphatic carbocycles. The van der Waals surface area contributed by atoms with Crippen molar-refractivity contribution in [1.82, 2.24) is 9.62 Å². The van der Waals surface area contributed by atoms with E-state index in [0.29, 0.717) is 42.5 Å². The standard InChI is InChI=1S/C20H23ClN2O4S/c1-14-7-8-16(28(25,26)23-9-11-27-12-10-23)13-18(14)20(24)22-15(2)17-5-3-4-6-19(17)21/h3-8,13,15H,9-12H2,1-2H3,(H,22,24)/t15-/m1/s1. The van der Waals surface area contributed by atoms with E-state index in [1.807, 2.05) is 25.1 Å². The summed E-state index contributed by atoms with van der Waals surface area (Å²) in [6.07, 6.45) is 0. The number of sulfonamides is 1. The van der Waals surface area contributed by atoms with Gasteiger partial charge in [0.15, 0.2) is 0 Å². The molecule has 8 heteroatoms. The number of hydrogen-bond acceptors (Lipinski definition) is 4. The molecular formula is C20H23ClN2O4S. The Labute approximate surface area is 170 Å². The minimum atomic E-state index is -3.67. The second kappa shape index (κ2) is 8.61. The number of morpholine rings is 1. The van der Waals surface area contributed by atoms with Crippen molar-refractivity contribution in [3.05, 3.63) is 64.2 Å². The Kier molecular flexibility index (Phi) is 6.40. The van der Waals surface area contributed by atoms with E-state index in [4.69, 9.17) is 16.3 Å². The number of hydrogen-bond donors (Lipinski definition) is 1. The first-order chi connectivity index (χ1) is 13.3. The van der Waals surface area contributed by atoms with Crippen LogP contribution in [-0.4, -0.2) is 44.9 Å². The maximum Gasteiger partial charge on any atom is 0.252 e. The van der Waals surface area contributed by atoms with Gasteiger partial charge in [-0.15, -0.1) is 0 Å². The Morgan fingerprint density at radius 2 is 1.86 bits per heavy atom. The molecule has 1 saturated heterocycles. The average Bonchev–Trinajstić information content (AvgIpc) is 2.69. The molecule has 1 amide bonds. The zero-order valence-corrected chi connectivity index (χ0v) is 17.4. The molecule has 150 valence electrons. The van der Waals surface area contributed by atoms with Crippen LogP contribution in [0.3, 0.4) is 0 Å². The molecule has 3 rings (SSSR count). The van der Waals surface area contributed by atoms with Crippen molar-refractivity contribution in [2.45, 2.75) is 24.8 Å². The van der Waals surface area contributed by atoms with Crippen molar-refractivity contribution in [1.29, 1.82) is 0 Å². The van der Waals surface area contributed by atoms with Crippen molar-refractivity contribution in [2.24, 2.45) is 0 Å². The zero-order chi connectivity index (χ0) is 20.3. The summed E-state index contributed by atoms with van der Waals surface area (Å²) < 4.78 is 32.4. The number of amides is 1. The molecule has 0 spiro atoms. The normalized spacial score (nSPS) is 16.5. The number of nitrogens with one attached hydrogen (secondary N) is 1. The van der Waals surface area contributed by atoms with E-state index in [-0.39, 0.29) is 16.8 Å². The number of halogens is 1. The molecule has 0 unspecified atom stereocenters. The number of carbonyl (C=O) groups is 1. The van der Waals surface area contributed by atoms with E-state index in [2.05, 4.69) is 5.32 Å². The quantitative estimate of drug-likeness (QED) is 0.803. The van der Waals surface area contributed by atoms with Gasteiger partial charge in [0.2, 0.25) is 10.0 Å². The van der Waals surface area contributed by atoms with Crippen molar-refractivity contribution in [2.75, 3.05) is 26.3 Å². The highest BCUT2D eigenvalue weighted by Gasteiger charge is 2.27. The summed E-state index contributed by atoms with van der Waals surface area (Å²) >= 11 is 6.20. The van der Waals surface area contributed by atoms with Crippen LogP contribution < -0.4 is 5.32 Å². The summed E-state index contributed by atoms with van der Waals surface area (Å²) in [4.78, 5) is 12.9. The summed E-state index contributed by atoms with van der Waals surface area (Å²) in [6, 6.07) is 11.6. The lowest BCUT2D eigenvalue weighted by Crippen LogP contribution is -2.40. The Hall–Kier alpha value is -1.93. The average molecular weight is 423 g/mol. The third-order valence-corrected chi connectivity index (χ3v) is 7.02. The SMILES string of the molecule is Cc1ccc(S(=O)(=O)N2CCOCC2)cc1C(=O)N[C@H](C)c1ccccc1Cl. The van der Waals surface area contributed by atoms with Crippen LogP contribution in [0.1, 0.15) is 34.5 Å². The fourth-order valence-electron chi connectivity index (χ4n) is 3.12. The first-order valence-corrected chi connectivity index (χ1v) is 10.9. The molecule has 2 aromatic carbocycles. The summed E-state index contributed by atoms with van der Waals surface area (Å²) in [5, 5.41) is 3.47. The minimum absolute atomic E-state index is 0.107. The van der Waals surface area contributed by atoms with Crippen LogP contribution in [0, 0.1) is 6.92 Å². The highest BCUT2D eigenvalue weighted by Crippen LogP contribution is 2.24. The first-order valence-electron chi connectivity index (χ1n) is 9.04. The molecule has 0 aromatic heterocycles. The minimum Gasteiger partial charge on any atom is -0.379 e. The second-order valence-corrected chi connectivity index (χ2v) is 9.05. The van der Waals surface area contributed by atoms with Gasteiger partial charge in [0.1, 0.15) is 0 Å². The Balaban J connectivity index is 1.85. The molecular weight excluding hydrogens is 400 g/mol. The van der Waals surface area contributed by atoms with Gasteiger partial charge >= 0.3 is 0 Å². The van der Waals surface area contributed by atoms with Gasteiger partial charge in [0, 0.05) is 23.7 Å². The van der Waals surface area contributed by atoms with Gasteiger partial charge in [-0.25, -0.2) is 8.42 Å². The van der Waals surface area contributed by atoms with Gasteiger partial charge in [-0.3, -0.25) is 4.79 Å². The third kappa shape index (κ3) is 4.38. The molecule has 1 aliphatic heterocycles. The van der Waals surface area contributed by atoms with Gasteiger partial charge in [-0.1, -0.05) is 35.9 Å². The van der Waals surface area contributed by atoms with Gasteiger partial charge in [-0.05, 0) is 43.2 Å². The molecule has 2 aromatic rings. The third-order valence-electron chi connectivity index (χ3n) is 4.78. The number of benzene rings is 2. The number of ether oxygens (including phenoxy) is 1. The molecule has 1 atom stereocenters. The fourth-order valence-corrected chi connectivity index (χ4v) is 4.85. The lowest BCUT2D eigenvalue weighted by molar-refractivity contribution is 0.0730. The Morgan fingerprint density at radius 1 is 1.18 bits per heavy atom. The van der Waals surface area contributed by atoms with Gasteiger partial charge in [-0.2, -0.15) is 4.31 Å². The van der Waals surface area contributed by atoms with Crippen molar-refractivity contribution in [3.63, 3.8) is 0 Å². The van der Waals surface area contributed by atoms with E-state index in [1.54, 1.807) is 19.1 Å². The molecule has 0 bridgehead atoms. The van der Waals surface area contributed by atoms with E-state index in [9.17, 15) is 13.2 Å². The molecule has 0 radical (unpaired) electrons. The molecule has 28 heavy (non-hydrogen) atoms. The van der Waals surface area contributed by atoms with Crippen LogP contribution in [0.2, 0.25) is 5.02 Å². The van der Waals surface area contributed by atoms with E-state index >= 15 is 0 Å². The number of carbonyl (C=O) groups excluding carboxylic acids is 1. The molecule has 1 N–H and O–H groups in total. The molecule has 1 aliphatic rings. The van der Waals surface area contributed by atoms with Gasteiger partial charge in [0.05, 0.1) is 24.2 Å². The number of rotatable bonds is 5. The summed E-state index contributed by atoms with van der Waals surface area (Å²) in [5.41, 5.74) is 1.82. The van der Waals surface area contributed by atoms with E-state index in [1.165, 1.54) is 16.4 Å².